The first-order valence-corrected chi connectivity index (χ1v) is 6.25. The Bertz CT molecular complexity index is 361. The Kier molecular flexibility index (Phi) is 4.01. The van der Waals surface area contributed by atoms with Crippen LogP contribution < -0.4 is 10.6 Å². The molecule has 1 aliphatic carbocycles. The Morgan fingerprint density at radius 3 is 3.06 bits per heavy atom. The second kappa shape index (κ2) is 5.50. The van der Waals surface area contributed by atoms with Crippen LogP contribution in [0, 0.1) is 0 Å². The van der Waals surface area contributed by atoms with Gasteiger partial charge in [0.15, 0.2) is 5.11 Å². The predicted molar refractivity (Wildman–Crippen MR) is 68.6 cm³/mol. The van der Waals surface area contributed by atoms with E-state index in [1.54, 1.807) is 6.20 Å². The first kappa shape index (κ1) is 11.7. The van der Waals surface area contributed by atoms with Gasteiger partial charge in [0.25, 0.3) is 0 Å². The minimum absolute atomic E-state index is 0.616. The third-order valence-electron chi connectivity index (χ3n) is 2.36. The highest BCUT2D eigenvalue weighted by Gasteiger charge is 2.21. The molecule has 0 unspecified atom stereocenters. The van der Waals surface area contributed by atoms with Crippen LogP contribution >= 0.6 is 23.8 Å². The average molecular weight is 259 g/mol. The Morgan fingerprint density at radius 2 is 2.44 bits per heavy atom. The van der Waals surface area contributed by atoms with Crippen LogP contribution in [-0.2, 0) is 6.54 Å². The van der Waals surface area contributed by atoms with Crippen LogP contribution in [0.1, 0.15) is 19.3 Å². The lowest BCUT2D eigenvalue weighted by atomic mass is 10.4. The summed E-state index contributed by atoms with van der Waals surface area (Å²) in [5.74, 6) is 0. The third-order valence-corrected chi connectivity index (χ3v) is 2.82. The van der Waals surface area contributed by atoms with E-state index >= 15 is 0 Å². The zero-order valence-corrected chi connectivity index (χ0v) is 10.5. The van der Waals surface area contributed by atoms with Crippen molar-refractivity contribution >= 4 is 28.9 Å². The lowest BCUT2D eigenvalue weighted by Gasteiger charge is -2.09. The van der Waals surface area contributed by atoms with Crippen LogP contribution in [0.4, 0.5) is 0 Å². The molecule has 1 aliphatic rings. The van der Waals surface area contributed by atoms with Crippen LogP contribution in [0.25, 0.3) is 0 Å². The molecule has 1 aromatic heterocycles. The van der Waals surface area contributed by atoms with Gasteiger partial charge in [-0.3, -0.25) is 4.68 Å². The molecule has 4 nitrogen and oxygen atoms in total. The highest BCUT2D eigenvalue weighted by Crippen LogP contribution is 2.18. The zero-order valence-electron chi connectivity index (χ0n) is 8.95. The van der Waals surface area contributed by atoms with Gasteiger partial charge in [-0.1, -0.05) is 11.6 Å². The van der Waals surface area contributed by atoms with E-state index in [0.29, 0.717) is 11.1 Å². The summed E-state index contributed by atoms with van der Waals surface area (Å²) < 4.78 is 1.83. The maximum Gasteiger partial charge on any atom is 0.166 e. The van der Waals surface area contributed by atoms with E-state index in [9.17, 15) is 0 Å². The lowest BCUT2D eigenvalue weighted by Crippen LogP contribution is -2.37. The molecule has 0 radical (unpaired) electrons. The maximum absolute atomic E-state index is 5.76. The zero-order chi connectivity index (χ0) is 11.4. The summed E-state index contributed by atoms with van der Waals surface area (Å²) in [7, 11) is 0. The number of rotatable bonds is 5. The van der Waals surface area contributed by atoms with Gasteiger partial charge in [0.2, 0.25) is 0 Å². The molecule has 0 aromatic carbocycles. The van der Waals surface area contributed by atoms with E-state index in [1.165, 1.54) is 12.8 Å². The monoisotopic (exact) mass is 258 g/mol. The number of halogens is 1. The fourth-order valence-corrected chi connectivity index (χ4v) is 1.79. The molecule has 6 heteroatoms. The number of thiocarbonyl (C=S) groups is 1. The maximum atomic E-state index is 5.76. The Labute approximate surface area is 105 Å². The van der Waals surface area contributed by atoms with Gasteiger partial charge in [0.05, 0.1) is 11.2 Å². The summed E-state index contributed by atoms with van der Waals surface area (Å²) >= 11 is 10.9. The molecule has 0 amide bonds. The molecule has 0 aliphatic heterocycles. The molecule has 2 rings (SSSR count). The molecule has 1 fully saturated rings. The van der Waals surface area contributed by atoms with Crippen molar-refractivity contribution in [2.24, 2.45) is 0 Å². The summed E-state index contributed by atoms with van der Waals surface area (Å²) in [6, 6.07) is 0.616. The van der Waals surface area contributed by atoms with E-state index in [1.807, 2.05) is 10.9 Å². The van der Waals surface area contributed by atoms with Gasteiger partial charge in [-0.05, 0) is 31.5 Å². The molecule has 0 bridgehead atoms. The van der Waals surface area contributed by atoms with Crippen molar-refractivity contribution in [3.8, 4) is 0 Å². The predicted octanol–water partition coefficient (Wildman–Crippen LogP) is 1.55. The standard InChI is InChI=1S/C10H15ClN4S/c11-8-6-13-15(7-8)5-1-4-12-10(16)14-9-2-3-9/h6-7,9H,1-5H2,(H2,12,14,16). The number of aromatic nitrogens is 2. The first-order valence-electron chi connectivity index (χ1n) is 5.46. The average Bonchev–Trinajstić information content (AvgIpc) is 2.95. The molecule has 1 heterocycles. The smallest absolute Gasteiger partial charge is 0.166 e. The topological polar surface area (TPSA) is 41.9 Å². The van der Waals surface area contributed by atoms with Gasteiger partial charge >= 0.3 is 0 Å². The Morgan fingerprint density at radius 1 is 1.62 bits per heavy atom. The summed E-state index contributed by atoms with van der Waals surface area (Å²) in [6.45, 7) is 1.71. The minimum atomic E-state index is 0.616. The summed E-state index contributed by atoms with van der Waals surface area (Å²) in [6.07, 6.45) is 6.93. The number of aryl methyl sites for hydroxylation is 1. The fourth-order valence-electron chi connectivity index (χ4n) is 1.37. The second-order valence-electron chi connectivity index (χ2n) is 3.95. The molecular weight excluding hydrogens is 244 g/mol. The normalized spacial score (nSPS) is 14.8. The van der Waals surface area contributed by atoms with Crippen molar-refractivity contribution in [1.82, 2.24) is 20.4 Å². The van der Waals surface area contributed by atoms with Crippen molar-refractivity contribution in [1.29, 1.82) is 0 Å². The molecule has 88 valence electrons. The molecule has 2 N–H and O–H groups in total. The van der Waals surface area contributed by atoms with Gasteiger partial charge in [-0.2, -0.15) is 5.10 Å². The van der Waals surface area contributed by atoms with Crippen molar-refractivity contribution in [2.45, 2.75) is 31.8 Å². The van der Waals surface area contributed by atoms with Crippen LogP contribution in [0.2, 0.25) is 5.02 Å². The quantitative estimate of drug-likeness (QED) is 0.621. The van der Waals surface area contributed by atoms with Crippen molar-refractivity contribution in [2.75, 3.05) is 6.54 Å². The number of nitrogens with one attached hydrogen (secondary N) is 2. The highest BCUT2D eigenvalue weighted by molar-refractivity contribution is 7.80. The largest absolute Gasteiger partial charge is 0.363 e. The second-order valence-corrected chi connectivity index (χ2v) is 4.79. The minimum Gasteiger partial charge on any atom is -0.363 e. The molecule has 0 atom stereocenters. The molecule has 1 saturated carbocycles. The van der Waals surface area contributed by atoms with E-state index < -0.39 is 0 Å². The summed E-state index contributed by atoms with van der Waals surface area (Å²) in [5.41, 5.74) is 0. The summed E-state index contributed by atoms with van der Waals surface area (Å²) in [4.78, 5) is 0. The van der Waals surface area contributed by atoms with E-state index in [2.05, 4.69) is 15.7 Å². The van der Waals surface area contributed by atoms with Crippen molar-refractivity contribution in [3.05, 3.63) is 17.4 Å². The third kappa shape index (κ3) is 3.98. The number of hydrogen-bond donors (Lipinski definition) is 2. The van der Waals surface area contributed by atoms with E-state index in [4.69, 9.17) is 23.8 Å². The first-order chi connectivity index (χ1) is 7.74. The van der Waals surface area contributed by atoms with E-state index in [-0.39, 0.29) is 0 Å². The fraction of sp³-hybridized carbons (Fsp3) is 0.600. The molecule has 16 heavy (non-hydrogen) atoms. The van der Waals surface area contributed by atoms with Crippen molar-refractivity contribution in [3.63, 3.8) is 0 Å². The number of nitrogens with zero attached hydrogens (tertiary/aromatic N) is 2. The van der Waals surface area contributed by atoms with Gasteiger partial charge in [0, 0.05) is 25.3 Å². The van der Waals surface area contributed by atoms with E-state index in [0.717, 1.165) is 24.6 Å². The number of hydrogen-bond acceptors (Lipinski definition) is 2. The van der Waals surface area contributed by atoms with Crippen LogP contribution in [0.5, 0.6) is 0 Å². The SMILES string of the molecule is S=C(NCCCn1cc(Cl)cn1)NC1CC1. The Hall–Kier alpha value is -0.810. The Balaban J connectivity index is 1.55. The molecule has 0 saturated heterocycles. The van der Waals surface area contributed by atoms with Crippen LogP contribution in [0.15, 0.2) is 12.4 Å². The van der Waals surface area contributed by atoms with Crippen LogP contribution in [0.3, 0.4) is 0 Å². The van der Waals surface area contributed by atoms with Gasteiger partial charge in [-0.25, -0.2) is 0 Å². The molecule has 1 aromatic rings. The van der Waals surface area contributed by atoms with Crippen LogP contribution in [-0.4, -0.2) is 27.5 Å². The van der Waals surface area contributed by atoms with Gasteiger partial charge in [0.1, 0.15) is 0 Å². The van der Waals surface area contributed by atoms with Gasteiger partial charge < -0.3 is 10.6 Å². The summed E-state index contributed by atoms with van der Waals surface area (Å²) in [5, 5.41) is 12.0. The van der Waals surface area contributed by atoms with Crippen molar-refractivity contribution < 1.29 is 0 Å². The highest BCUT2D eigenvalue weighted by atomic mass is 35.5. The van der Waals surface area contributed by atoms with Gasteiger partial charge in [-0.15, -0.1) is 0 Å². The molecular formula is C10H15ClN4S. The lowest BCUT2D eigenvalue weighted by molar-refractivity contribution is 0.571. The molecule has 0 spiro atoms.